The number of hydrogen-bond acceptors (Lipinski definition) is 3. The maximum Gasteiger partial charge on any atom is 0.180 e. The van der Waals surface area contributed by atoms with Gasteiger partial charge >= 0.3 is 0 Å². The summed E-state index contributed by atoms with van der Waals surface area (Å²) in [5, 5.41) is -0.384. The first-order valence-electron chi connectivity index (χ1n) is 6.02. The third-order valence-corrected chi connectivity index (χ3v) is 5.51. The van der Waals surface area contributed by atoms with Gasteiger partial charge in [0.25, 0.3) is 0 Å². The Kier molecular flexibility index (Phi) is 3.27. The van der Waals surface area contributed by atoms with Gasteiger partial charge in [0.2, 0.25) is 0 Å². The number of rotatable bonds is 4. The summed E-state index contributed by atoms with van der Waals surface area (Å²) in [6.45, 7) is 3.39. The summed E-state index contributed by atoms with van der Waals surface area (Å²) in [5.41, 5.74) is 7.11. The minimum atomic E-state index is -3.16. The van der Waals surface area contributed by atoms with Crippen LogP contribution in [0.15, 0.2) is 29.2 Å². The van der Waals surface area contributed by atoms with Gasteiger partial charge in [0.15, 0.2) is 9.84 Å². The Morgan fingerprint density at radius 1 is 1.18 bits per heavy atom. The zero-order chi connectivity index (χ0) is 12.6. The predicted molar refractivity (Wildman–Crippen MR) is 68.4 cm³/mol. The molecule has 4 heteroatoms. The molecule has 2 rings (SSSR count). The van der Waals surface area contributed by atoms with Crippen molar-refractivity contribution < 1.29 is 8.42 Å². The highest BCUT2D eigenvalue weighted by Gasteiger charge is 2.29. The van der Waals surface area contributed by atoms with Gasteiger partial charge in [0.05, 0.1) is 10.1 Å². The fourth-order valence-corrected chi connectivity index (χ4v) is 2.94. The molecule has 0 amide bonds. The van der Waals surface area contributed by atoms with Crippen molar-refractivity contribution in [2.45, 2.75) is 42.9 Å². The zero-order valence-corrected chi connectivity index (χ0v) is 11.1. The highest BCUT2D eigenvalue weighted by atomic mass is 32.2. The molecule has 1 unspecified atom stereocenters. The number of nitrogens with two attached hydrogens (primary N) is 1. The highest BCUT2D eigenvalue weighted by Crippen LogP contribution is 2.39. The van der Waals surface area contributed by atoms with Gasteiger partial charge in [-0.15, -0.1) is 0 Å². The summed E-state index contributed by atoms with van der Waals surface area (Å²) in [6, 6.07) is 7.10. The fourth-order valence-electron chi connectivity index (χ4n) is 1.88. The molecule has 0 spiro atoms. The van der Waals surface area contributed by atoms with Gasteiger partial charge in [0, 0.05) is 6.04 Å². The molecule has 1 atom stereocenters. The van der Waals surface area contributed by atoms with Crippen molar-refractivity contribution in [1.29, 1.82) is 0 Å². The molecule has 94 valence electrons. The Labute approximate surface area is 103 Å². The van der Waals surface area contributed by atoms with Gasteiger partial charge in [-0.05, 0) is 50.3 Å². The first-order chi connectivity index (χ1) is 7.93. The van der Waals surface area contributed by atoms with Crippen molar-refractivity contribution in [2.75, 3.05) is 0 Å². The lowest BCUT2D eigenvalue weighted by atomic mass is 10.0. The molecule has 17 heavy (non-hydrogen) atoms. The van der Waals surface area contributed by atoms with Crippen molar-refractivity contribution >= 4 is 9.84 Å². The Hall–Kier alpha value is -0.870. The molecule has 3 nitrogen and oxygen atoms in total. The standard InChI is InChI=1S/C13H19NO2S/c1-9(2)17(15,16)12-7-5-11(6-8-12)13(14)10-3-4-10/h5-10,13H,3-4,14H2,1-2H3. The van der Waals surface area contributed by atoms with Gasteiger partial charge in [0.1, 0.15) is 0 Å². The van der Waals surface area contributed by atoms with E-state index in [1.165, 1.54) is 12.8 Å². The molecule has 2 N–H and O–H groups in total. The average molecular weight is 253 g/mol. The normalized spacial score (nSPS) is 18.4. The third-order valence-electron chi connectivity index (χ3n) is 3.34. The van der Waals surface area contributed by atoms with Crippen LogP contribution in [0, 0.1) is 5.92 Å². The van der Waals surface area contributed by atoms with Crippen LogP contribution in [0.4, 0.5) is 0 Å². The first kappa shape index (κ1) is 12.6. The second-order valence-electron chi connectivity index (χ2n) is 5.03. The van der Waals surface area contributed by atoms with Crippen LogP contribution in [-0.2, 0) is 9.84 Å². The van der Waals surface area contributed by atoms with Crippen molar-refractivity contribution in [3.8, 4) is 0 Å². The lowest BCUT2D eigenvalue weighted by molar-refractivity contribution is 0.587. The summed E-state index contributed by atoms with van der Waals surface area (Å²) in [6.07, 6.45) is 2.38. The quantitative estimate of drug-likeness (QED) is 0.895. The van der Waals surface area contributed by atoms with Gasteiger partial charge in [-0.1, -0.05) is 12.1 Å². The topological polar surface area (TPSA) is 60.2 Å². The number of benzene rings is 1. The van der Waals surface area contributed by atoms with Crippen LogP contribution in [-0.4, -0.2) is 13.7 Å². The molecule has 1 aromatic carbocycles. The molecule has 0 aliphatic heterocycles. The molecule has 0 saturated heterocycles. The summed E-state index contributed by atoms with van der Waals surface area (Å²) >= 11 is 0. The van der Waals surface area contributed by atoms with E-state index in [-0.39, 0.29) is 11.3 Å². The molecular weight excluding hydrogens is 234 g/mol. The molecule has 1 saturated carbocycles. The van der Waals surface area contributed by atoms with Crippen LogP contribution >= 0.6 is 0 Å². The molecule has 1 fully saturated rings. The van der Waals surface area contributed by atoms with Crippen LogP contribution in [0.3, 0.4) is 0 Å². The Balaban J connectivity index is 2.23. The molecule has 0 heterocycles. The summed E-state index contributed by atoms with van der Waals surface area (Å²) in [7, 11) is -3.16. The lowest BCUT2D eigenvalue weighted by Gasteiger charge is -2.12. The van der Waals surface area contributed by atoms with Gasteiger partial charge in [-0.3, -0.25) is 0 Å². The first-order valence-corrected chi connectivity index (χ1v) is 7.57. The van der Waals surface area contributed by atoms with Crippen molar-refractivity contribution in [1.82, 2.24) is 0 Å². The molecule has 1 aliphatic carbocycles. The van der Waals surface area contributed by atoms with E-state index in [1.54, 1.807) is 26.0 Å². The van der Waals surface area contributed by atoms with Crippen molar-refractivity contribution in [3.05, 3.63) is 29.8 Å². The Morgan fingerprint density at radius 3 is 2.12 bits per heavy atom. The Bertz CT molecular complexity index is 487. The number of hydrogen-bond donors (Lipinski definition) is 1. The second-order valence-corrected chi connectivity index (χ2v) is 7.53. The predicted octanol–water partition coefficient (Wildman–Crippen LogP) is 2.28. The molecule has 0 aromatic heterocycles. The van der Waals surface area contributed by atoms with E-state index in [9.17, 15) is 8.42 Å². The van der Waals surface area contributed by atoms with Gasteiger partial charge in [-0.25, -0.2) is 8.42 Å². The van der Waals surface area contributed by atoms with Crippen LogP contribution in [0.25, 0.3) is 0 Å². The van der Waals surface area contributed by atoms with E-state index in [4.69, 9.17) is 5.73 Å². The molecule has 1 aliphatic rings. The highest BCUT2D eigenvalue weighted by molar-refractivity contribution is 7.92. The molecule has 0 bridgehead atoms. The summed E-state index contributed by atoms with van der Waals surface area (Å²) in [5.74, 6) is 0.586. The van der Waals surface area contributed by atoms with Crippen LogP contribution in [0.2, 0.25) is 0 Å². The largest absolute Gasteiger partial charge is 0.324 e. The van der Waals surface area contributed by atoms with Crippen molar-refractivity contribution in [2.24, 2.45) is 11.7 Å². The molecular formula is C13H19NO2S. The summed E-state index contributed by atoms with van der Waals surface area (Å²) in [4.78, 5) is 0.388. The maximum atomic E-state index is 11.9. The number of sulfone groups is 1. The Morgan fingerprint density at radius 2 is 1.71 bits per heavy atom. The minimum Gasteiger partial charge on any atom is -0.324 e. The van der Waals surface area contributed by atoms with Crippen LogP contribution in [0.1, 0.15) is 38.3 Å². The van der Waals surface area contributed by atoms with Crippen LogP contribution < -0.4 is 5.73 Å². The minimum absolute atomic E-state index is 0.0609. The van der Waals surface area contributed by atoms with E-state index >= 15 is 0 Å². The maximum absolute atomic E-state index is 11.9. The van der Waals surface area contributed by atoms with E-state index in [2.05, 4.69) is 0 Å². The van der Waals surface area contributed by atoms with Crippen LogP contribution in [0.5, 0.6) is 0 Å². The zero-order valence-electron chi connectivity index (χ0n) is 10.3. The smallest absolute Gasteiger partial charge is 0.180 e. The molecule has 1 aromatic rings. The average Bonchev–Trinajstić information content (AvgIpc) is 3.12. The fraction of sp³-hybridized carbons (Fsp3) is 0.538. The second kappa shape index (κ2) is 4.42. The molecule has 0 radical (unpaired) electrons. The SMILES string of the molecule is CC(C)S(=O)(=O)c1ccc(C(N)C2CC2)cc1. The lowest BCUT2D eigenvalue weighted by Crippen LogP contribution is -2.15. The van der Waals surface area contributed by atoms with Gasteiger partial charge in [-0.2, -0.15) is 0 Å². The van der Waals surface area contributed by atoms with E-state index in [0.717, 1.165) is 5.56 Å². The summed E-state index contributed by atoms with van der Waals surface area (Å²) < 4.78 is 23.9. The third kappa shape index (κ3) is 2.53. The van der Waals surface area contributed by atoms with Crippen molar-refractivity contribution in [3.63, 3.8) is 0 Å². The monoisotopic (exact) mass is 253 g/mol. The van der Waals surface area contributed by atoms with E-state index < -0.39 is 9.84 Å². The van der Waals surface area contributed by atoms with E-state index in [1.807, 2.05) is 12.1 Å². The van der Waals surface area contributed by atoms with Gasteiger partial charge < -0.3 is 5.73 Å². The van der Waals surface area contributed by atoms with E-state index in [0.29, 0.717) is 10.8 Å².